The maximum Gasteiger partial charge on any atom is 0.264 e. The van der Waals surface area contributed by atoms with E-state index in [1.54, 1.807) is 6.92 Å². The van der Waals surface area contributed by atoms with Crippen LogP contribution in [-0.2, 0) is 26.2 Å². The second-order valence-electron chi connectivity index (χ2n) is 8.72. The van der Waals surface area contributed by atoms with E-state index < -0.39 is 46.1 Å². The summed E-state index contributed by atoms with van der Waals surface area (Å²) in [6.07, 6.45) is 0. The predicted octanol–water partition coefficient (Wildman–Crippen LogP) is 3.73. The molecule has 0 saturated heterocycles. The Kier molecular flexibility index (Phi) is 10.1. The molecule has 1 N–H and O–H groups in total. The van der Waals surface area contributed by atoms with E-state index in [1.165, 1.54) is 80.6 Å². The maximum absolute atomic E-state index is 13.9. The van der Waals surface area contributed by atoms with E-state index in [-0.39, 0.29) is 22.9 Å². The molecule has 2 amide bonds. The van der Waals surface area contributed by atoms with Gasteiger partial charge in [-0.1, -0.05) is 12.1 Å². The van der Waals surface area contributed by atoms with E-state index in [2.05, 4.69) is 5.32 Å². The number of nitrogens with one attached hydrogen (secondary N) is 1. The number of ether oxygens (including phenoxy) is 2. The van der Waals surface area contributed by atoms with Crippen LogP contribution in [0.4, 0.5) is 14.5 Å². The van der Waals surface area contributed by atoms with Crippen molar-refractivity contribution in [2.24, 2.45) is 0 Å². The van der Waals surface area contributed by atoms with Crippen molar-refractivity contribution in [3.63, 3.8) is 0 Å². The molecular formula is C28H31F2N3O6S. The average molecular weight is 576 g/mol. The number of amides is 2. The summed E-state index contributed by atoms with van der Waals surface area (Å²) in [6.45, 7) is 2.75. The van der Waals surface area contributed by atoms with Crippen molar-refractivity contribution in [3.8, 4) is 11.5 Å². The van der Waals surface area contributed by atoms with Crippen molar-refractivity contribution >= 4 is 27.5 Å². The molecule has 0 aliphatic rings. The summed E-state index contributed by atoms with van der Waals surface area (Å²) in [5.41, 5.74) is 0.555. The normalized spacial score (nSPS) is 11.8. The number of methoxy groups -OCH3 is 2. The Balaban J connectivity index is 2.06. The molecule has 0 aliphatic heterocycles. The molecule has 0 aliphatic carbocycles. The zero-order valence-electron chi connectivity index (χ0n) is 22.6. The molecule has 3 aromatic carbocycles. The molecule has 0 heterocycles. The first-order chi connectivity index (χ1) is 19.0. The molecule has 3 rings (SSSR count). The Bertz CT molecular complexity index is 1430. The van der Waals surface area contributed by atoms with Gasteiger partial charge in [0, 0.05) is 19.2 Å². The van der Waals surface area contributed by atoms with Crippen LogP contribution in [0.2, 0.25) is 0 Å². The van der Waals surface area contributed by atoms with E-state index in [9.17, 15) is 26.8 Å². The van der Waals surface area contributed by atoms with Crippen LogP contribution in [0.15, 0.2) is 71.6 Å². The van der Waals surface area contributed by atoms with Crippen LogP contribution in [0.3, 0.4) is 0 Å². The molecule has 3 aromatic rings. The SMILES string of the molecule is CCNC(=O)C(C)N(Cc1ccc(F)cc1)C(=O)CN(c1ccc(F)cc1)S(=O)(=O)c1ccc(OC)c(OC)c1. The number of carbonyl (C=O) groups excluding carboxylic acids is 2. The average Bonchev–Trinajstić information content (AvgIpc) is 2.95. The highest BCUT2D eigenvalue weighted by Crippen LogP contribution is 2.32. The minimum absolute atomic E-state index is 0.0249. The van der Waals surface area contributed by atoms with Crippen molar-refractivity contribution < 1.29 is 36.3 Å². The third-order valence-corrected chi connectivity index (χ3v) is 7.89. The third-order valence-electron chi connectivity index (χ3n) is 6.12. The summed E-state index contributed by atoms with van der Waals surface area (Å²) >= 11 is 0. The number of hydrogen-bond donors (Lipinski definition) is 1. The van der Waals surface area contributed by atoms with Crippen LogP contribution in [0.5, 0.6) is 11.5 Å². The first-order valence-electron chi connectivity index (χ1n) is 12.3. The van der Waals surface area contributed by atoms with Gasteiger partial charge in [0.05, 0.1) is 24.8 Å². The second-order valence-corrected chi connectivity index (χ2v) is 10.6. The molecule has 0 spiro atoms. The Morgan fingerprint density at radius 2 is 1.48 bits per heavy atom. The quantitative estimate of drug-likeness (QED) is 0.353. The predicted molar refractivity (Wildman–Crippen MR) is 146 cm³/mol. The summed E-state index contributed by atoms with van der Waals surface area (Å²) in [6, 6.07) is 13.0. The van der Waals surface area contributed by atoms with Gasteiger partial charge in [-0.2, -0.15) is 0 Å². The molecule has 40 heavy (non-hydrogen) atoms. The van der Waals surface area contributed by atoms with Crippen molar-refractivity contribution in [1.29, 1.82) is 0 Å². The summed E-state index contributed by atoms with van der Waals surface area (Å²) in [5.74, 6) is -1.78. The number of carbonyl (C=O) groups is 2. The van der Waals surface area contributed by atoms with Gasteiger partial charge in [-0.15, -0.1) is 0 Å². The minimum atomic E-state index is -4.41. The molecular weight excluding hydrogens is 544 g/mol. The van der Waals surface area contributed by atoms with Crippen molar-refractivity contribution in [3.05, 3.63) is 83.9 Å². The fourth-order valence-electron chi connectivity index (χ4n) is 3.93. The number of halogens is 2. The van der Waals surface area contributed by atoms with Crippen LogP contribution in [0.25, 0.3) is 0 Å². The number of benzene rings is 3. The first-order valence-corrected chi connectivity index (χ1v) is 13.8. The molecule has 1 unspecified atom stereocenters. The van der Waals surface area contributed by atoms with E-state index in [1.807, 2.05) is 0 Å². The van der Waals surface area contributed by atoms with Gasteiger partial charge in [0.25, 0.3) is 10.0 Å². The van der Waals surface area contributed by atoms with Gasteiger partial charge in [-0.05, 0) is 67.9 Å². The van der Waals surface area contributed by atoms with E-state index in [0.717, 1.165) is 16.4 Å². The molecule has 1 atom stereocenters. The summed E-state index contributed by atoms with van der Waals surface area (Å²) in [7, 11) is -1.65. The summed E-state index contributed by atoms with van der Waals surface area (Å²) in [5, 5.41) is 2.65. The third kappa shape index (κ3) is 7.06. The van der Waals surface area contributed by atoms with Gasteiger partial charge in [-0.3, -0.25) is 13.9 Å². The smallest absolute Gasteiger partial charge is 0.264 e. The van der Waals surface area contributed by atoms with Gasteiger partial charge in [-0.25, -0.2) is 17.2 Å². The lowest BCUT2D eigenvalue weighted by atomic mass is 10.1. The minimum Gasteiger partial charge on any atom is -0.493 e. The fraction of sp³-hybridized carbons (Fsp3) is 0.286. The van der Waals surface area contributed by atoms with Gasteiger partial charge >= 0.3 is 0 Å². The highest BCUT2D eigenvalue weighted by Gasteiger charge is 2.33. The number of sulfonamides is 1. The molecule has 0 fully saturated rings. The van der Waals surface area contributed by atoms with Crippen LogP contribution in [-0.4, -0.2) is 58.5 Å². The lowest BCUT2D eigenvalue weighted by Gasteiger charge is -2.32. The monoisotopic (exact) mass is 575 g/mol. The van der Waals surface area contributed by atoms with Gasteiger partial charge < -0.3 is 19.7 Å². The van der Waals surface area contributed by atoms with Crippen molar-refractivity contribution in [2.45, 2.75) is 31.3 Å². The Hall–Kier alpha value is -4.19. The molecule has 12 heteroatoms. The lowest BCUT2D eigenvalue weighted by molar-refractivity contribution is -0.139. The number of rotatable bonds is 12. The van der Waals surface area contributed by atoms with Crippen molar-refractivity contribution in [1.82, 2.24) is 10.2 Å². The Labute approximate surface area is 232 Å². The second kappa shape index (κ2) is 13.2. The molecule has 0 saturated carbocycles. The topological polar surface area (TPSA) is 105 Å². The maximum atomic E-state index is 13.9. The summed E-state index contributed by atoms with van der Waals surface area (Å²) < 4.78 is 66.3. The number of nitrogens with zero attached hydrogens (tertiary/aromatic N) is 2. The van der Waals surface area contributed by atoms with Crippen molar-refractivity contribution in [2.75, 3.05) is 31.6 Å². The van der Waals surface area contributed by atoms with E-state index >= 15 is 0 Å². The fourth-order valence-corrected chi connectivity index (χ4v) is 5.36. The highest BCUT2D eigenvalue weighted by molar-refractivity contribution is 7.92. The molecule has 0 aromatic heterocycles. The van der Waals surface area contributed by atoms with Crippen LogP contribution >= 0.6 is 0 Å². The Morgan fingerprint density at radius 3 is 2.02 bits per heavy atom. The van der Waals surface area contributed by atoms with Crippen LogP contribution in [0, 0.1) is 11.6 Å². The number of likely N-dealkylation sites (N-methyl/N-ethyl adjacent to an activating group) is 1. The zero-order chi connectivity index (χ0) is 29.4. The lowest BCUT2D eigenvalue weighted by Crippen LogP contribution is -2.51. The summed E-state index contributed by atoms with van der Waals surface area (Å²) in [4.78, 5) is 27.5. The highest BCUT2D eigenvalue weighted by atomic mass is 32.2. The van der Waals surface area contributed by atoms with E-state index in [4.69, 9.17) is 9.47 Å². The van der Waals surface area contributed by atoms with Crippen LogP contribution < -0.4 is 19.1 Å². The molecule has 0 bridgehead atoms. The molecule has 0 radical (unpaired) electrons. The number of hydrogen-bond acceptors (Lipinski definition) is 6. The molecule has 214 valence electrons. The van der Waals surface area contributed by atoms with Gasteiger partial charge in [0.1, 0.15) is 24.2 Å². The zero-order valence-corrected chi connectivity index (χ0v) is 23.4. The standard InChI is InChI=1S/C28H31F2N3O6S/c1-5-31-28(35)19(2)32(17-20-6-8-21(29)9-7-20)27(34)18-33(23-12-10-22(30)11-13-23)40(36,37)24-14-15-25(38-3)26(16-24)39-4/h6-16,19H,5,17-18H2,1-4H3,(H,31,35). The number of anilines is 1. The molecule has 9 nitrogen and oxygen atoms in total. The van der Waals surface area contributed by atoms with Gasteiger partial charge in [0.2, 0.25) is 11.8 Å². The Morgan fingerprint density at radius 1 is 0.900 bits per heavy atom. The first kappa shape index (κ1) is 30.4. The van der Waals surface area contributed by atoms with Gasteiger partial charge in [0.15, 0.2) is 11.5 Å². The van der Waals surface area contributed by atoms with Crippen LogP contribution in [0.1, 0.15) is 19.4 Å². The van der Waals surface area contributed by atoms with E-state index in [0.29, 0.717) is 17.9 Å². The largest absolute Gasteiger partial charge is 0.493 e.